The van der Waals surface area contributed by atoms with Crippen LogP contribution in [-0.2, 0) is 0 Å². The Hall–Kier alpha value is -1.76. The summed E-state index contributed by atoms with van der Waals surface area (Å²) >= 11 is 13.2. The highest BCUT2D eigenvalue weighted by Gasteiger charge is 2.34. The average Bonchev–Trinajstić information content (AvgIpc) is 3.09. The normalized spacial score (nSPS) is 16.3. The van der Waals surface area contributed by atoms with Gasteiger partial charge in [-0.05, 0) is 24.3 Å². The molecule has 5 nitrogen and oxygen atoms in total. The van der Waals surface area contributed by atoms with Gasteiger partial charge in [-0.15, -0.1) is 11.3 Å². The number of halogens is 2. The molecule has 8 heteroatoms. The van der Waals surface area contributed by atoms with Crippen LogP contribution in [0.15, 0.2) is 30.3 Å². The largest absolute Gasteiger partial charge is 0.465 e. The van der Waals surface area contributed by atoms with Crippen molar-refractivity contribution >= 4 is 52.2 Å². The summed E-state index contributed by atoms with van der Waals surface area (Å²) in [5.74, 6) is -0.418. The molecule has 1 aromatic carbocycles. The highest BCUT2D eigenvalue weighted by atomic mass is 35.5. The van der Waals surface area contributed by atoms with Gasteiger partial charge in [0, 0.05) is 29.6 Å². The van der Waals surface area contributed by atoms with E-state index < -0.39 is 6.09 Å². The van der Waals surface area contributed by atoms with E-state index in [9.17, 15) is 14.7 Å². The highest BCUT2D eigenvalue weighted by molar-refractivity contribution is 7.17. The maximum atomic E-state index is 12.1. The van der Waals surface area contributed by atoms with Gasteiger partial charge in [0.05, 0.1) is 14.9 Å². The van der Waals surface area contributed by atoms with Crippen LogP contribution in [0.5, 0.6) is 0 Å². The number of rotatable bonds is 3. The Labute approximate surface area is 146 Å². The molecule has 1 atom stereocenters. The third-order valence-electron chi connectivity index (χ3n) is 3.67. The molecule has 2 heterocycles. The molecular weight excluding hydrogens is 359 g/mol. The first kappa shape index (κ1) is 16.1. The SMILES string of the molecule is O=C(NCC1CN(C(=O)O)c2cccc(Cl)c21)c1ccc(Cl)s1. The third-order valence-corrected chi connectivity index (χ3v) is 5.23. The minimum absolute atomic E-state index is 0.186. The Morgan fingerprint density at radius 1 is 1.30 bits per heavy atom. The van der Waals surface area contributed by atoms with E-state index in [1.807, 2.05) is 0 Å². The van der Waals surface area contributed by atoms with Gasteiger partial charge in [0.1, 0.15) is 0 Å². The lowest BCUT2D eigenvalue weighted by atomic mass is 10.0. The fourth-order valence-electron chi connectivity index (χ4n) is 2.66. The zero-order valence-corrected chi connectivity index (χ0v) is 14.1. The van der Waals surface area contributed by atoms with Crippen LogP contribution < -0.4 is 10.2 Å². The molecule has 1 aromatic heterocycles. The number of nitrogens with zero attached hydrogens (tertiary/aromatic N) is 1. The standard InChI is InChI=1S/C15H12Cl2N2O3S/c16-9-2-1-3-10-13(9)8(7-19(10)15(21)22)6-18-14(20)11-4-5-12(17)23-11/h1-5,8H,6-7H2,(H,18,20)(H,21,22). The molecular formula is C15H12Cl2N2O3S. The van der Waals surface area contributed by atoms with Crippen LogP contribution in [0.1, 0.15) is 21.2 Å². The minimum Gasteiger partial charge on any atom is -0.465 e. The van der Waals surface area contributed by atoms with Gasteiger partial charge < -0.3 is 10.4 Å². The van der Waals surface area contributed by atoms with Crippen molar-refractivity contribution in [3.05, 3.63) is 50.1 Å². The lowest BCUT2D eigenvalue weighted by Gasteiger charge is -2.13. The number of amides is 2. The Morgan fingerprint density at radius 2 is 2.09 bits per heavy atom. The van der Waals surface area contributed by atoms with Crippen molar-refractivity contribution in [2.24, 2.45) is 0 Å². The molecule has 3 rings (SSSR count). The molecule has 0 spiro atoms. The molecule has 0 bridgehead atoms. The van der Waals surface area contributed by atoms with Gasteiger partial charge in [0.2, 0.25) is 0 Å². The summed E-state index contributed by atoms with van der Waals surface area (Å²) in [6.07, 6.45) is -1.03. The number of hydrogen-bond acceptors (Lipinski definition) is 3. The second kappa shape index (κ2) is 6.39. The van der Waals surface area contributed by atoms with Crippen LogP contribution in [0.4, 0.5) is 10.5 Å². The van der Waals surface area contributed by atoms with Crippen molar-refractivity contribution in [1.29, 1.82) is 0 Å². The monoisotopic (exact) mass is 370 g/mol. The van der Waals surface area contributed by atoms with Crippen LogP contribution in [0.2, 0.25) is 9.36 Å². The molecule has 2 N–H and O–H groups in total. The number of thiophene rings is 1. The van der Waals surface area contributed by atoms with Crippen LogP contribution in [0.3, 0.4) is 0 Å². The molecule has 1 unspecified atom stereocenters. The van der Waals surface area contributed by atoms with E-state index in [4.69, 9.17) is 23.2 Å². The average molecular weight is 371 g/mol. The van der Waals surface area contributed by atoms with E-state index in [1.165, 1.54) is 16.2 Å². The number of hydrogen-bond donors (Lipinski definition) is 2. The number of benzene rings is 1. The maximum absolute atomic E-state index is 12.1. The Kier molecular flexibility index (Phi) is 4.48. The van der Waals surface area contributed by atoms with E-state index >= 15 is 0 Å². The van der Waals surface area contributed by atoms with Gasteiger partial charge >= 0.3 is 6.09 Å². The number of carboxylic acid groups (broad SMARTS) is 1. The molecule has 0 saturated carbocycles. The number of carbonyl (C=O) groups is 2. The topological polar surface area (TPSA) is 69.6 Å². The summed E-state index contributed by atoms with van der Waals surface area (Å²) in [5, 5.41) is 12.6. The third kappa shape index (κ3) is 3.15. The molecule has 120 valence electrons. The zero-order valence-electron chi connectivity index (χ0n) is 11.8. The van der Waals surface area contributed by atoms with E-state index in [-0.39, 0.29) is 18.4 Å². The predicted octanol–water partition coefficient (Wildman–Crippen LogP) is 4.07. The molecule has 0 aliphatic carbocycles. The Balaban J connectivity index is 1.77. The second-order valence-electron chi connectivity index (χ2n) is 5.08. The van der Waals surface area contributed by atoms with Crippen LogP contribution >= 0.6 is 34.5 Å². The van der Waals surface area contributed by atoms with Crippen molar-refractivity contribution in [2.45, 2.75) is 5.92 Å². The zero-order chi connectivity index (χ0) is 16.6. The summed E-state index contributed by atoms with van der Waals surface area (Å²) in [7, 11) is 0. The number of nitrogens with one attached hydrogen (secondary N) is 1. The van der Waals surface area contributed by atoms with E-state index in [2.05, 4.69) is 5.32 Å². The predicted molar refractivity (Wildman–Crippen MR) is 91.2 cm³/mol. The molecule has 2 amide bonds. The molecule has 0 fully saturated rings. The molecule has 23 heavy (non-hydrogen) atoms. The van der Waals surface area contributed by atoms with Gasteiger partial charge in [-0.3, -0.25) is 9.69 Å². The minimum atomic E-state index is -1.03. The summed E-state index contributed by atoms with van der Waals surface area (Å²) in [6, 6.07) is 8.47. The van der Waals surface area contributed by atoms with Gasteiger partial charge in [-0.25, -0.2) is 4.79 Å². The second-order valence-corrected chi connectivity index (χ2v) is 7.20. The summed E-state index contributed by atoms with van der Waals surface area (Å²) in [4.78, 5) is 25.2. The Bertz CT molecular complexity index is 778. The van der Waals surface area contributed by atoms with Gasteiger partial charge in [-0.1, -0.05) is 29.3 Å². The van der Waals surface area contributed by atoms with E-state index in [0.717, 1.165) is 5.56 Å². The smallest absolute Gasteiger partial charge is 0.411 e. The van der Waals surface area contributed by atoms with Crippen LogP contribution in [0.25, 0.3) is 0 Å². The van der Waals surface area contributed by atoms with E-state index in [1.54, 1.807) is 30.3 Å². The molecule has 0 radical (unpaired) electrons. The first-order chi connectivity index (χ1) is 11.0. The van der Waals surface area contributed by atoms with Gasteiger partial charge in [0.15, 0.2) is 0 Å². The van der Waals surface area contributed by atoms with Crippen LogP contribution in [0, 0.1) is 0 Å². The molecule has 0 saturated heterocycles. The fraction of sp³-hybridized carbons (Fsp3) is 0.200. The summed E-state index contributed by atoms with van der Waals surface area (Å²) < 4.78 is 0.543. The van der Waals surface area contributed by atoms with Crippen molar-refractivity contribution < 1.29 is 14.7 Å². The Morgan fingerprint density at radius 3 is 2.74 bits per heavy atom. The van der Waals surface area contributed by atoms with E-state index in [0.29, 0.717) is 26.5 Å². The first-order valence-electron chi connectivity index (χ1n) is 6.79. The van der Waals surface area contributed by atoms with Crippen molar-refractivity contribution in [2.75, 3.05) is 18.0 Å². The van der Waals surface area contributed by atoms with Gasteiger partial charge in [-0.2, -0.15) is 0 Å². The van der Waals surface area contributed by atoms with Gasteiger partial charge in [0.25, 0.3) is 5.91 Å². The summed E-state index contributed by atoms with van der Waals surface area (Å²) in [5.41, 5.74) is 1.32. The lowest BCUT2D eigenvalue weighted by Crippen LogP contribution is -2.32. The molecule has 1 aliphatic heterocycles. The number of anilines is 1. The number of carbonyl (C=O) groups excluding carboxylic acids is 1. The highest BCUT2D eigenvalue weighted by Crippen LogP contribution is 2.40. The lowest BCUT2D eigenvalue weighted by molar-refractivity contribution is 0.0955. The van der Waals surface area contributed by atoms with Crippen LogP contribution in [-0.4, -0.2) is 30.2 Å². The summed E-state index contributed by atoms with van der Waals surface area (Å²) in [6.45, 7) is 0.564. The molecule has 2 aromatic rings. The van der Waals surface area contributed by atoms with Crippen molar-refractivity contribution in [3.63, 3.8) is 0 Å². The fourth-order valence-corrected chi connectivity index (χ4v) is 3.95. The maximum Gasteiger partial charge on any atom is 0.411 e. The van der Waals surface area contributed by atoms with Crippen molar-refractivity contribution in [1.82, 2.24) is 5.32 Å². The first-order valence-corrected chi connectivity index (χ1v) is 8.37. The quantitative estimate of drug-likeness (QED) is 0.855. The van der Waals surface area contributed by atoms with Crippen molar-refractivity contribution in [3.8, 4) is 0 Å². The molecule has 1 aliphatic rings. The number of fused-ring (bicyclic) bond motifs is 1.